The lowest BCUT2D eigenvalue weighted by Gasteiger charge is -2.31. The van der Waals surface area contributed by atoms with Crippen molar-refractivity contribution in [2.24, 2.45) is 5.92 Å². The van der Waals surface area contributed by atoms with E-state index in [0.29, 0.717) is 38.3 Å². The summed E-state index contributed by atoms with van der Waals surface area (Å²) in [6.45, 7) is 15.3. The molecule has 3 aromatic rings. The minimum absolute atomic E-state index is 0.185. The summed E-state index contributed by atoms with van der Waals surface area (Å²) in [6.07, 6.45) is 9.74. The van der Waals surface area contributed by atoms with Crippen LogP contribution in [-0.4, -0.2) is 50.2 Å². The van der Waals surface area contributed by atoms with Gasteiger partial charge >= 0.3 is 0 Å². The summed E-state index contributed by atoms with van der Waals surface area (Å²) in [6, 6.07) is 28.4. The summed E-state index contributed by atoms with van der Waals surface area (Å²) in [5, 5.41) is 0. The number of benzene rings is 3. The molecule has 2 fully saturated rings. The molecule has 4 atom stereocenters. The first-order valence-corrected chi connectivity index (χ1v) is 19.1. The topological polar surface area (TPSA) is 55.4 Å². The molecule has 2 saturated heterocycles. The molecule has 6 nitrogen and oxygen atoms in total. The van der Waals surface area contributed by atoms with E-state index in [2.05, 4.69) is 92.7 Å². The molecule has 0 spiro atoms. The average Bonchev–Trinajstić information content (AvgIpc) is 3.66. The second kappa shape index (κ2) is 18.5. The Morgan fingerprint density at radius 1 is 0.680 bits per heavy atom. The SMILES string of the molecule is CCC(C)CC(C[C-](c1ccc(OCCCCC2COC(C)(C)O2)cc1)c1ccc(OCCCCC2COC(C)(C)O2)cc1)c1ccccc1. The highest BCUT2D eigenvalue weighted by molar-refractivity contribution is 5.49. The van der Waals surface area contributed by atoms with Crippen LogP contribution in [0.2, 0.25) is 0 Å². The van der Waals surface area contributed by atoms with Crippen LogP contribution in [0.15, 0.2) is 78.9 Å². The fourth-order valence-corrected chi connectivity index (χ4v) is 7.01. The van der Waals surface area contributed by atoms with Crippen LogP contribution < -0.4 is 9.47 Å². The van der Waals surface area contributed by atoms with E-state index in [4.69, 9.17) is 28.4 Å². The van der Waals surface area contributed by atoms with Crippen molar-refractivity contribution in [1.82, 2.24) is 0 Å². The van der Waals surface area contributed by atoms with E-state index in [1.165, 1.54) is 29.0 Å². The maximum absolute atomic E-state index is 6.17. The normalized spacial score (nSPS) is 20.8. The van der Waals surface area contributed by atoms with E-state index in [1.54, 1.807) is 0 Å². The summed E-state index contributed by atoms with van der Waals surface area (Å²) >= 11 is 0. The van der Waals surface area contributed by atoms with E-state index in [1.807, 2.05) is 27.7 Å². The molecule has 0 aromatic heterocycles. The summed E-state index contributed by atoms with van der Waals surface area (Å²) in [5.74, 6) is 3.33. The number of unbranched alkanes of at least 4 members (excludes halogenated alkanes) is 2. The minimum Gasteiger partial charge on any atom is -0.495 e. The molecule has 0 saturated carbocycles. The van der Waals surface area contributed by atoms with Crippen LogP contribution in [-0.2, 0) is 18.9 Å². The van der Waals surface area contributed by atoms with Crippen LogP contribution in [0.5, 0.6) is 11.5 Å². The van der Waals surface area contributed by atoms with Crippen molar-refractivity contribution in [1.29, 1.82) is 0 Å². The molecule has 5 rings (SSSR count). The summed E-state index contributed by atoms with van der Waals surface area (Å²) in [7, 11) is 0. The third-order valence-corrected chi connectivity index (χ3v) is 10.0. The van der Waals surface area contributed by atoms with Crippen molar-refractivity contribution < 1.29 is 28.4 Å². The first kappa shape index (κ1) is 38.2. The zero-order chi connectivity index (χ0) is 35.4. The molecule has 0 radical (unpaired) electrons. The van der Waals surface area contributed by atoms with E-state index in [0.717, 1.165) is 62.9 Å². The van der Waals surface area contributed by atoms with Crippen LogP contribution >= 0.6 is 0 Å². The van der Waals surface area contributed by atoms with Gasteiger partial charge in [-0.15, -0.1) is 41.3 Å². The Morgan fingerprint density at radius 2 is 1.16 bits per heavy atom. The number of hydrogen-bond acceptors (Lipinski definition) is 6. The highest BCUT2D eigenvalue weighted by Crippen LogP contribution is 2.39. The van der Waals surface area contributed by atoms with Gasteiger partial charge in [-0.1, -0.05) is 74.9 Å². The lowest BCUT2D eigenvalue weighted by atomic mass is 9.77. The van der Waals surface area contributed by atoms with Gasteiger partial charge in [-0.3, -0.25) is 0 Å². The predicted octanol–water partition coefficient (Wildman–Crippen LogP) is 10.7. The van der Waals surface area contributed by atoms with Gasteiger partial charge in [0.2, 0.25) is 0 Å². The molecular formula is C44H61O6-. The molecular weight excluding hydrogens is 624 g/mol. The van der Waals surface area contributed by atoms with Crippen LogP contribution in [0.1, 0.15) is 122 Å². The van der Waals surface area contributed by atoms with Crippen molar-refractivity contribution in [3.8, 4) is 11.5 Å². The van der Waals surface area contributed by atoms with Crippen LogP contribution in [0.4, 0.5) is 0 Å². The largest absolute Gasteiger partial charge is 0.495 e. The van der Waals surface area contributed by atoms with Crippen molar-refractivity contribution in [2.75, 3.05) is 26.4 Å². The van der Waals surface area contributed by atoms with Crippen molar-refractivity contribution in [2.45, 2.75) is 129 Å². The van der Waals surface area contributed by atoms with Crippen molar-refractivity contribution in [3.05, 3.63) is 101 Å². The zero-order valence-corrected chi connectivity index (χ0v) is 31.5. The van der Waals surface area contributed by atoms with Gasteiger partial charge in [0.05, 0.1) is 38.6 Å². The molecule has 274 valence electrons. The molecule has 0 bridgehead atoms. The summed E-state index contributed by atoms with van der Waals surface area (Å²) in [5.41, 5.74) is 3.87. The molecule has 0 amide bonds. The molecule has 0 N–H and O–H groups in total. The maximum Gasteiger partial charge on any atom is 0.163 e. The summed E-state index contributed by atoms with van der Waals surface area (Å²) in [4.78, 5) is 0. The third kappa shape index (κ3) is 12.0. The Labute approximate surface area is 302 Å². The smallest absolute Gasteiger partial charge is 0.163 e. The fraction of sp³-hybridized carbons (Fsp3) is 0.568. The molecule has 6 heteroatoms. The fourth-order valence-electron chi connectivity index (χ4n) is 7.01. The van der Waals surface area contributed by atoms with Crippen LogP contribution in [0, 0.1) is 11.8 Å². The van der Waals surface area contributed by atoms with Gasteiger partial charge in [-0.2, -0.15) is 0 Å². The van der Waals surface area contributed by atoms with Crippen molar-refractivity contribution in [3.63, 3.8) is 0 Å². The molecule has 3 aromatic carbocycles. The third-order valence-electron chi connectivity index (χ3n) is 10.0. The first-order chi connectivity index (χ1) is 24.1. The molecule has 2 heterocycles. The van der Waals surface area contributed by atoms with E-state index in [-0.39, 0.29) is 12.2 Å². The second-order valence-corrected chi connectivity index (χ2v) is 15.2. The number of rotatable bonds is 20. The molecule has 50 heavy (non-hydrogen) atoms. The Balaban J connectivity index is 1.20. The Kier molecular flexibility index (Phi) is 14.1. The molecule has 0 aliphatic carbocycles. The molecule has 4 unspecified atom stereocenters. The van der Waals surface area contributed by atoms with Crippen molar-refractivity contribution >= 4 is 0 Å². The van der Waals surface area contributed by atoms with Crippen LogP contribution in [0.3, 0.4) is 0 Å². The highest BCUT2D eigenvalue weighted by atomic mass is 16.7. The van der Waals surface area contributed by atoms with Gasteiger partial charge in [0, 0.05) is 0 Å². The van der Waals surface area contributed by atoms with E-state index < -0.39 is 11.6 Å². The van der Waals surface area contributed by atoms with Gasteiger partial charge in [0.15, 0.2) is 11.6 Å². The van der Waals surface area contributed by atoms with Gasteiger partial charge < -0.3 is 28.4 Å². The molecule has 2 aliphatic heterocycles. The number of ether oxygens (including phenoxy) is 6. The Morgan fingerprint density at radius 3 is 1.58 bits per heavy atom. The van der Waals surface area contributed by atoms with Gasteiger partial charge in [0.25, 0.3) is 0 Å². The second-order valence-electron chi connectivity index (χ2n) is 15.2. The van der Waals surface area contributed by atoms with E-state index in [9.17, 15) is 0 Å². The quantitative estimate of drug-likeness (QED) is 0.0872. The predicted molar refractivity (Wildman–Crippen MR) is 201 cm³/mol. The first-order valence-electron chi connectivity index (χ1n) is 19.1. The molecule has 2 aliphatic rings. The average molecular weight is 686 g/mol. The summed E-state index contributed by atoms with van der Waals surface area (Å²) < 4.78 is 35.6. The minimum atomic E-state index is -0.455. The van der Waals surface area contributed by atoms with Gasteiger partial charge in [-0.25, -0.2) is 0 Å². The lowest BCUT2D eigenvalue weighted by molar-refractivity contribution is -0.139. The Hall–Kier alpha value is -3.03. The lowest BCUT2D eigenvalue weighted by Crippen LogP contribution is -2.21. The van der Waals surface area contributed by atoms with Gasteiger partial charge in [-0.05, 0) is 96.5 Å². The monoisotopic (exact) mass is 685 g/mol. The maximum atomic E-state index is 6.17. The zero-order valence-electron chi connectivity index (χ0n) is 31.5. The number of hydrogen-bond donors (Lipinski definition) is 0. The highest BCUT2D eigenvalue weighted by Gasteiger charge is 2.33. The van der Waals surface area contributed by atoms with Crippen LogP contribution in [0.25, 0.3) is 0 Å². The van der Waals surface area contributed by atoms with Gasteiger partial charge in [0.1, 0.15) is 11.5 Å². The standard InChI is InChI=1S/C44H61O6/c1-7-33(2)29-37(34-15-9-8-10-16-34)30-42(35-19-23-38(24-20-35)45-27-13-11-17-40-31-47-43(3,4)49-40)36-21-25-39(26-22-36)46-28-14-12-18-41-32-48-44(5,6)50-41/h8-10,15-16,19-26,33,37,40-41H,7,11-14,17-18,27-32H2,1-6H3/q-1. The van der Waals surface area contributed by atoms with E-state index >= 15 is 0 Å². The Bertz CT molecular complexity index is 1310.